The third-order valence-corrected chi connectivity index (χ3v) is 6.06. The molecule has 4 aromatic rings. The van der Waals surface area contributed by atoms with Gasteiger partial charge in [-0.2, -0.15) is 0 Å². The molecule has 9 heteroatoms. The minimum Gasteiger partial charge on any atom is -0.497 e. The van der Waals surface area contributed by atoms with E-state index in [0.29, 0.717) is 30.1 Å². The first-order chi connectivity index (χ1) is 17.9. The molecule has 3 aromatic carbocycles. The summed E-state index contributed by atoms with van der Waals surface area (Å²) in [5.41, 5.74) is 2.60. The molecule has 37 heavy (non-hydrogen) atoms. The molecule has 0 unspecified atom stereocenters. The van der Waals surface area contributed by atoms with E-state index in [0.717, 1.165) is 17.2 Å². The first kappa shape index (κ1) is 25.9. The molecule has 0 aliphatic rings. The topological polar surface area (TPSA) is 85.7 Å². The quantitative estimate of drug-likeness (QED) is 0.250. The standard InChI is InChI=1S/C28H25ClFN3O4/c1-36-21-10-6-9-19(13-21)14-23(31-17-18-7-4-3-5-8-18)27-24(16-26(34)37-2)32-33(28(27)35)25-12-11-20(30)15-22(25)29/h3-13,15,32H,14,16-17H2,1-2H3. The first-order valence-corrected chi connectivity index (χ1v) is 11.8. The Labute approximate surface area is 218 Å². The van der Waals surface area contributed by atoms with Gasteiger partial charge in [0, 0.05) is 6.42 Å². The molecule has 0 radical (unpaired) electrons. The largest absolute Gasteiger partial charge is 0.497 e. The molecule has 0 atom stereocenters. The highest BCUT2D eigenvalue weighted by molar-refractivity contribution is 6.32. The number of rotatable bonds is 9. The third kappa shape index (κ3) is 6.16. The van der Waals surface area contributed by atoms with E-state index in [9.17, 15) is 14.0 Å². The monoisotopic (exact) mass is 521 g/mol. The van der Waals surface area contributed by atoms with E-state index in [2.05, 4.69) is 5.10 Å². The van der Waals surface area contributed by atoms with Crippen LogP contribution in [0.25, 0.3) is 5.69 Å². The van der Waals surface area contributed by atoms with Gasteiger partial charge in [-0.25, -0.2) is 9.07 Å². The zero-order chi connectivity index (χ0) is 26.4. The molecular weight excluding hydrogens is 497 g/mol. The van der Waals surface area contributed by atoms with Crippen molar-refractivity contribution in [1.29, 1.82) is 0 Å². The van der Waals surface area contributed by atoms with Gasteiger partial charge in [-0.3, -0.25) is 19.7 Å². The zero-order valence-electron chi connectivity index (χ0n) is 20.3. The van der Waals surface area contributed by atoms with E-state index < -0.39 is 17.3 Å². The predicted octanol–water partition coefficient (Wildman–Crippen LogP) is 4.91. The summed E-state index contributed by atoms with van der Waals surface area (Å²) < 4.78 is 25.1. The molecule has 0 bridgehead atoms. The van der Waals surface area contributed by atoms with Crippen LogP contribution in [0.2, 0.25) is 5.02 Å². The van der Waals surface area contributed by atoms with Crippen LogP contribution < -0.4 is 10.3 Å². The summed E-state index contributed by atoms with van der Waals surface area (Å²) in [6.07, 6.45) is 0.0950. The molecule has 1 aromatic heterocycles. The molecular formula is C28H25ClFN3O4. The van der Waals surface area contributed by atoms with Crippen LogP contribution in [-0.4, -0.2) is 35.7 Å². The Hall–Kier alpha value is -4.17. The van der Waals surface area contributed by atoms with Crippen LogP contribution in [0, 0.1) is 5.82 Å². The molecule has 1 heterocycles. The molecule has 0 aliphatic carbocycles. The van der Waals surface area contributed by atoms with Gasteiger partial charge < -0.3 is 9.47 Å². The highest BCUT2D eigenvalue weighted by atomic mass is 35.5. The van der Waals surface area contributed by atoms with E-state index in [1.54, 1.807) is 7.11 Å². The molecule has 0 amide bonds. The molecule has 0 saturated carbocycles. The van der Waals surface area contributed by atoms with Crippen LogP contribution in [-0.2, 0) is 28.9 Å². The lowest BCUT2D eigenvalue weighted by molar-refractivity contribution is -0.139. The van der Waals surface area contributed by atoms with E-state index >= 15 is 0 Å². The number of carbonyl (C=O) groups excluding carboxylic acids is 1. The molecule has 0 saturated heterocycles. The Balaban J connectivity index is 1.88. The second-order valence-corrected chi connectivity index (χ2v) is 8.64. The third-order valence-electron chi connectivity index (χ3n) is 5.75. The lowest BCUT2D eigenvalue weighted by Gasteiger charge is -2.09. The van der Waals surface area contributed by atoms with Crippen molar-refractivity contribution in [2.75, 3.05) is 14.2 Å². The highest BCUT2D eigenvalue weighted by Gasteiger charge is 2.24. The minimum atomic E-state index is -0.538. The Kier molecular flexibility index (Phi) is 8.20. The Morgan fingerprint density at radius 3 is 2.46 bits per heavy atom. The van der Waals surface area contributed by atoms with E-state index in [1.165, 1.54) is 23.9 Å². The number of nitrogens with zero attached hydrogens (tertiary/aromatic N) is 2. The molecule has 7 nitrogen and oxygen atoms in total. The van der Waals surface area contributed by atoms with Gasteiger partial charge in [0.1, 0.15) is 11.6 Å². The summed E-state index contributed by atoms with van der Waals surface area (Å²) in [6, 6.07) is 20.8. The Morgan fingerprint density at radius 2 is 1.76 bits per heavy atom. The summed E-state index contributed by atoms with van der Waals surface area (Å²) in [6.45, 7) is 0.319. The van der Waals surface area contributed by atoms with Gasteiger partial charge in [-0.1, -0.05) is 54.1 Å². The number of ether oxygens (including phenoxy) is 2. The fraction of sp³-hybridized carbons (Fsp3) is 0.179. The van der Waals surface area contributed by atoms with Gasteiger partial charge >= 0.3 is 5.97 Å². The number of esters is 1. The van der Waals surface area contributed by atoms with Crippen molar-refractivity contribution in [3.05, 3.63) is 116 Å². The van der Waals surface area contributed by atoms with E-state index in [-0.39, 0.29) is 22.7 Å². The van der Waals surface area contributed by atoms with Gasteiger partial charge in [-0.05, 0) is 41.5 Å². The van der Waals surface area contributed by atoms with Gasteiger partial charge in [-0.15, -0.1) is 0 Å². The van der Waals surface area contributed by atoms with Crippen LogP contribution in [0.3, 0.4) is 0 Å². The number of aliphatic imine (C=N–C) groups is 1. The van der Waals surface area contributed by atoms with Crippen molar-refractivity contribution in [3.8, 4) is 11.4 Å². The molecule has 4 rings (SSSR count). The SMILES string of the molecule is COC(=O)Cc1[nH]n(-c2ccc(F)cc2Cl)c(=O)c1C(Cc1cccc(OC)c1)=NCc1ccccc1. The maximum Gasteiger partial charge on any atom is 0.311 e. The molecule has 0 fully saturated rings. The molecule has 1 N–H and O–H groups in total. The minimum absolute atomic E-state index is 0.0371. The average molecular weight is 522 g/mol. The number of H-pyrrole nitrogens is 1. The Bertz CT molecular complexity index is 1500. The lowest BCUT2D eigenvalue weighted by atomic mass is 10.0. The summed E-state index contributed by atoms with van der Waals surface area (Å²) >= 11 is 6.26. The Morgan fingerprint density at radius 1 is 1.00 bits per heavy atom. The number of carbonyl (C=O) groups is 1. The van der Waals surface area contributed by atoms with Crippen molar-refractivity contribution in [3.63, 3.8) is 0 Å². The van der Waals surface area contributed by atoms with Crippen molar-refractivity contribution >= 4 is 23.3 Å². The van der Waals surface area contributed by atoms with E-state index in [4.69, 9.17) is 26.1 Å². The number of benzene rings is 3. The summed E-state index contributed by atoms with van der Waals surface area (Å²) in [5, 5.41) is 3.01. The molecule has 0 spiro atoms. The van der Waals surface area contributed by atoms with Crippen LogP contribution in [0.4, 0.5) is 4.39 Å². The summed E-state index contributed by atoms with van der Waals surface area (Å²) in [5.74, 6) is -0.408. The summed E-state index contributed by atoms with van der Waals surface area (Å²) in [4.78, 5) is 30.9. The maximum atomic E-state index is 13.8. The maximum absolute atomic E-state index is 13.8. The second-order valence-electron chi connectivity index (χ2n) is 8.23. The van der Waals surface area contributed by atoms with Gasteiger partial charge in [0.25, 0.3) is 5.56 Å². The van der Waals surface area contributed by atoms with Crippen molar-refractivity contribution in [1.82, 2.24) is 9.78 Å². The van der Waals surface area contributed by atoms with Crippen LogP contribution >= 0.6 is 11.6 Å². The highest BCUT2D eigenvalue weighted by Crippen LogP contribution is 2.22. The number of halogens is 2. The van der Waals surface area contributed by atoms with Gasteiger partial charge in [0.15, 0.2) is 0 Å². The number of hydrogen-bond donors (Lipinski definition) is 1. The number of nitrogens with one attached hydrogen (secondary N) is 1. The zero-order valence-corrected chi connectivity index (χ0v) is 21.1. The predicted molar refractivity (Wildman–Crippen MR) is 140 cm³/mol. The fourth-order valence-electron chi connectivity index (χ4n) is 3.93. The normalized spacial score (nSPS) is 11.4. The van der Waals surface area contributed by atoms with Gasteiger partial charge in [0.05, 0.1) is 54.9 Å². The van der Waals surface area contributed by atoms with Crippen molar-refractivity contribution in [2.24, 2.45) is 4.99 Å². The first-order valence-electron chi connectivity index (χ1n) is 11.5. The number of aromatic nitrogens is 2. The van der Waals surface area contributed by atoms with Crippen LogP contribution in [0.1, 0.15) is 22.4 Å². The van der Waals surface area contributed by atoms with Crippen LogP contribution in [0.15, 0.2) is 82.6 Å². The van der Waals surface area contributed by atoms with Crippen molar-refractivity contribution in [2.45, 2.75) is 19.4 Å². The fourth-order valence-corrected chi connectivity index (χ4v) is 4.18. The number of methoxy groups -OCH3 is 2. The average Bonchev–Trinajstić information content (AvgIpc) is 3.22. The number of hydrogen-bond acceptors (Lipinski definition) is 5. The lowest BCUT2D eigenvalue weighted by Crippen LogP contribution is -2.23. The van der Waals surface area contributed by atoms with Gasteiger partial charge in [0.2, 0.25) is 0 Å². The van der Waals surface area contributed by atoms with E-state index in [1.807, 2.05) is 54.6 Å². The second kappa shape index (κ2) is 11.7. The smallest absolute Gasteiger partial charge is 0.311 e. The summed E-state index contributed by atoms with van der Waals surface area (Å²) in [7, 11) is 2.85. The number of aromatic amines is 1. The van der Waals surface area contributed by atoms with Crippen LogP contribution in [0.5, 0.6) is 5.75 Å². The van der Waals surface area contributed by atoms with Crippen molar-refractivity contribution < 1.29 is 18.7 Å². The molecule has 0 aliphatic heterocycles. The molecule has 190 valence electrons.